The van der Waals surface area contributed by atoms with Gasteiger partial charge in [0, 0.05) is 26.3 Å². The number of hydrogen-bond donors (Lipinski definition) is 2. The summed E-state index contributed by atoms with van der Waals surface area (Å²) < 4.78 is 3.15. The molecule has 0 aliphatic rings. The molecule has 0 unspecified atom stereocenters. The molecule has 0 saturated heterocycles. The van der Waals surface area contributed by atoms with E-state index in [1.807, 2.05) is 47.0 Å². The number of carbonyl (C=O) groups is 1. The van der Waals surface area contributed by atoms with Crippen LogP contribution in [0.3, 0.4) is 0 Å². The van der Waals surface area contributed by atoms with Crippen molar-refractivity contribution in [1.29, 1.82) is 0 Å². The molecule has 3 aromatic carbocycles. The van der Waals surface area contributed by atoms with Gasteiger partial charge in [-0.1, -0.05) is 69.6 Å². The van der Waals surface area contributed by atoms with Gasteiger partial charge < -0.3 is 5.11 Å². The number of phenols is 1. The summed E-state index contributed by atoms with van der Waals surface area (Å²) in [6.07, 6.45) is 1.37. The van der Waals surface area contributed by atoms with E-state index in [4.69, 9.17) is 11.6 Å². The maximum absolute atomic E-state index is 12.4. The topological polar surface area (TPSA) is 92.4 Å². The number of hydrazone groups is 1. The van der Waals surface area contributed by atoms with E-state index < -0.39 is 0 Å². The van der Waals surface area contributed by atoms with Crippen molar-refractivity contribution in [3.8, 4) is 22.8 Å². The molecule has 2 N–H and O–H groups in total. The van der Waals surface area contributed by atoms with Crippen molar-refractivity contribution in [2.24, 2.45) is 5.10 Å². The number of aromatic hydroxyl groups is 1. The Morgan fingerprint density at radius 1 is 1.12 bits per heavy atom. The summed E-state index contributed by atoms with van der Waals surface area (Å²) >= 11 is 13.9. The largest absolute Gasteiger partial charge is 0.506 e. The monoisotopic (exact) mass is 619 g/mol. The number of nitrogens with one attached hydrogen (secondary N) is 1. The minimum absolute atomic E-state index is 0.0279. The van der Waals surface area contributed by atoms with Crippen molar-refractivity contribution in [3.05, 3.63) is 86.3 Å². The number of amides is 1. The van der Waals surface area contributed by atoms with Gasteiger partial charge in [0.1, 0.15) is 5.75 Å². The first-order valence-corrected chi connectivity index (χ1v) is 12.8. The zero-order valence-electron chi connectivity index (χ0n) is 17.3. The molecule has 1 heterocycles. The zero-order chi connectivity index (χ0) is 24.1. The fourth-order valence-corrected chi connectivity index (χ4v) is 5.11. The van der Waals surface area contributed by atoms with Gasteiger partial charge >= 0.3 is 0 Å². The van der Waals surface area contributed by atoms with Crippen LogP contribution in [-0.2, 0) is 4.79 Å². The second-order valence-electron chi connectivity index (χ2n) is 6.89. The summed E-state index contributed by atoms with van der Waals surface area (Å²) in [5.74, 6) is 0.410. The van der Waals surface area contributed by atoms with Crippen LogP contribution in [0.5, 0.6) is 5.75 Å². The predicted molar refractivity (Wildman–Crippen MR) is 142 cm³/mol. The van der Waals surface area contributed by atoms with Crippen molar-refractivity contribution in [2.75, 3.05) is 5.75 Å². The number of rotatable bonds is 7. The lowest BCUT2D eigenvalue weighted by atomic mass is 10.2. The maximum atomic E-state index is 12.4. The molecule has 172 valence electrons. The van der Waals surface area contributed by atoms with Crippen LogP contribution in [0, 0.1) is 0 Å². The number of carbonyl (C=O) groups excluding carboxylic acids is 1. The first-order valence-electron chi connectivity index (χ1n) is 9.82. The van der Waals surface area contributed by atoms with Crippen molar-refractivity contribution in [2.45, 2.75) is 5.16 Å². The summed E-state index contributed by atoms with van der Waals surface area (Å²) in [4.78, 5) is 12.4. The second-order valence-corrected chi connectivity index (χ2v) is 10.0. The normalized spacial score (nSPS) is 11.1. The number of phenolic OH excluding ortho intramolecular Hbond substituents is 1. The first-order chi connectivity index (χ1) is 16.4. The van der Waals surface area contributed by atoms with Gasteiger partial charge in [0.2, 0.25) is 0 Å². The van der Waals surface area contributed by atoms with Crippen LogP contribution < -0.4 is 5.43 Å². The number of aromatic nitrogens is 3. The van der Waals surface area contributed by atoms with Crippen LogP contribution in [0.15, 0.2) is 85.9 Å². The van der Waals surface area contributed by atoms with Gasteiger partial charge in [-0.25, -0.2) is 5.43 Å². The fourth-order valence-electron chi connectivity index (χ4n) is 2.98. The predicted octanol–water partition coefficient (Wildman–Crippen LogP) is 6.06. The molecule has 11 heteroatoms. The molecule has 0 bridgehead atoms. The third kappa shape index (κ3) is 5.87. The standard InChI is InChI=1S/C23H16Br2ClN5O2S/c24-16-10-15(21(33)19(25)11-16)12-27-28-20(32)13-34-23-30-29-22(14-4-2-1-3-5-14)31(23)18-8-6-17(26)7-9-18/h1-12,33H,13H2,(H,28,32)/b27-12+. The van der Waals surface area contributed by atoms with Crippen LogP contribution in [0.2, 0.25) is 5.02 Å². The van der Waals surface area contributed by atoms with E-state index in [1.54, 1.807) is 24.3 Å². The zero-order valence-corrected chi connectivity index (χ0v) is 22.1. The Labute approximate surface area is 221 Å². The van der Waals surface area contributed by atoms with Crippen LogP contribution in [0.1, 0.15) is 5.56 Å². The third-order valence-electron chi connectivity index (χ3n) is 4.53. The van der Waals surface area contributed by atoms with Crippen LogP contribution in [-0.4, -0.2) is 37.7 Å². The molecule has 1 amide bonds. The summed E-state index contributed by atoms with van der Waals surface area (Å²) in [7, 11) is 0. The number of halogens is 3. The van der Waals surface area contributed by atoms with Gasteiger partial charge in [-0.05, 0) is 52.3 Å². The van der Waals surface area contributed by atoms with Crippen molar-refractivity contribution in [1.82, 2.24) is 20.2 Å². The molecule has 0 spiro atoms. The second kappa shape index (κ2) is 11.2. The van der Waals surface area contributed by atoms with Crippen LogP contribution in [0.4, 0.5) is 0 Å². The minimum Gasteiger partial charge on any atom is -0.506 e. The lowest BCUT2D eigenvalue weighted by Crippen LogP contribution is -2.20. The van der Waals surface area contributed by atoms with E-state index in [1.165, 1.54) is 18.0 Å². The summed E-state index contributed by atoms with van der Waals surface area (Å²) in [5, 5.41) is 23.9. The number of thioether (sulfide) groups is 1. The molecule has 34 heavy (non-hydrogen) atoms. The van der Waals surface area contributed by atoms with E-state index in [2.05, 4.69) is 52.6 Å². The molecule has 0 atom stereocenters. The van der Waals surface area contributed by atoms with E-state index in [9.17, 15) is 9.90 Å². The Morgan fingerprint density at radius 3 is 2.59 bits per heavy atom. The maximum Gasteiger partial charge on any atom is 0.250 e. The Kier molecular flexibility index (Phi) is 8.04. The average molecular weight is 622 g/mol. The van der Waals surface area contributed by atoms with Crippen molar-refractivity contribution < 1.29 is 9.90 Å². The van der Waals surface area contributed by atoms with Crippen LogP contribution >= 0.6 is 55.2 Å². The van der Waals surface area contributed by atoms with Crippen molar-refractivity contribution >= 4 is 67.3 Å². The number of hydrogen-bond acceptors (Lipinski definition) is 6. The molecule has 0 fully saturated rings. The SMILES string of the molecule is O=C(CSc1nnc(-c2ccccc2)n1-c1ccc(Cl)cc1)N/N=C/c1cc(Br)cc(Br)c1O. The van der Waals surface area contributed by atoms with E-state index in [-0.39, 0.29) is 17.4 Å². The average Bonchev–Trinajstić information content (AvgIpc) is 3.26. The van der Waals surface area contributed by atoms with Gasteiger partial charge in [-0.3, -0.25) is 9.36 Å². The van der Waals surface area contributed by atoms with E-state index in [0.29, 0.717) is 26.0 Å². The molecule has 7 nitrogen and oxygen atoms in total. The highest BCUT2D eigenvalue weighted by Gasteiger charge is 2.17. The molecular formula is C23H16Br2ClN5O2S. The Hall–Kier alpha value is -2.66. The summed E-state index contributed by atoms with van der Waals surface area (Å²) in [5.41, 5.74) is 4.63. The van der Waals surface area contributed by atoms with E-state index >= 15 is 0 Å². The summed E-state index contributed by atoms with van der Waals surface area (Å²) in [6, 6.07) is 20.4. The highest BCUT2D eigenvalue weighted by Crippen LogP contribution is 2.31. The summed E-state index contributed by atoms with van der Waals surface area (Å²) in [6.45, 7) is 0. The third-order valence-corrected chi connectivity index (χ3v) is 6.78. The van der Waals surface area contributed by atoms with Crippen LogP contribution in [0.25, 0.3) is 17.1 Å². The molecule has 0 aliphatic carbocycles. The highest BCUT2D eigenvalue weighted by atomic mass is 79.9. The highest BCUT2D eigenvalue weighted by molar-refractivity contribution is 9.11. The number of nitrogens with zero attached hydrogens (tertiary/aromatic N) is 4. The fraction of sp³-hybridized carbons (Fsp3) is 0.0435. The molecule has 4 aromatic rings. The molecule has 0 saturated carbocycles. The molecular weight excluding hydrogens is 606 g/mol. The number of benzene rings is 3. The molecule has 0 aliphatic heterocycles. The smallest absolute Gasteiger partial charge is 0.250 e. The lowest BCUT2D eigenvalue weighted by Gasteiger charge is -2.10. The van der Waals surface area contributed by atoms with Gasteiger partial charge in [-0.2, -0.15) is 5.10 Å². The molecule has 1 aromatic heterocycles. The minimum atomic E-state index is -0.332. The lowest BCUT2D eigenvalue weighted by molar-refractivity contribution is -0.118. The van der Waals surface area contributed by atoms with Gasteiger partial charge in [0.25, 0.3) is 5.91 Å². The van der Waals surface area contributed by atoms with Gasteiger partial charge in [0.05, 0.1) is 16.4 Å². The van der Waals surface area contributed by atoms with Crippen molar-refractivity contribution in [3.63, 3.8) is 0 Å². The Bertz CT molecular complexity index is 1350. The van der Waals surface area contributed by atoms with E-state index in [0.717, 1.165) is 15.7 Å². The van der Waals surface area contributed by atoms with Gasteiger partial charge in [-0.15, -0.1) is 10.2 Å². The molecule has 0 radical (unpaired) electrons. The Morgan fingerprint density at radius 2 is 1.85 bits per heavy atom. The van der Waals surface area contributed by atoms with Gasteiger partial charge in [0.15, 0.2) is 11.0 Å². The molecule has 4 rings (SSSR count). The first kappa shape index (κ1) is 24.5. The quantitative estimate of drug-likeness (QED) is 0.149. The Balaban J connectivity index is 1.50.